The van der Waals surface area contributed by atoms with E-state index < -0.39 is 17.5 Å². The second-order valence-electron chi connectivity index (χ2n) is 8.77. The van der Waals surface area contributed by atoms with Gasteiger partial charge >= 0.3 is 12.1 Å². The molecule has 1 fully saturated rings. The standard InChI is InChI=1S/C25H28N2O5/c1-16(10-11-22(28)29)27-23(30)25(12-13-25)15-26-24(31)32-14-21-19-8-4-2-6-17(19)18-7-3-5-9-20(18)21/h2-9,16,21H,10-15H2,1H3,(H,26,31)(H,27,30)(H,28,29). The minimum Gasteiger partial charge on any atom is -0.481 e. The highest BCUT2D eigenvalue weighted by Crippen LogP contribution is 2.46. The molecule has 0 heterocycles. The summed E-state index contributed by atoms with van der Waals surface area (Å²) < 4.78 is 5.54. The Morgan fingerprint density at radius 3 is 2.22 bits per heavy atom. The van der Waals surface area contributed by atoms with Gasteiger partial charge in [-0.2, -0.15) is 0 Å². The molecule has 2 aliphatic carbocycles. The molecule has 1 saturated carbocycles. The van der Waals surface area contributed by atoms with Crippen LogP contribution in [0.5, 0.6) is 0 Å². The lowest BCUT2D eigenvalue weighted by Gasteiger charge is -2.20. The number of hydrogen-bond acceptors (Lipinski definition) is 4. The first-order chi connectivity index (χ1) is 15.4. The van der Waals surface area contributed by atoms with Gasteiger partial charge in [-0.05, 0) is 48.4 Å². The highest BCUT2D eigenvalue weighted by molar-refractivity contribution is 5.86. The zero-order valence-corrected chi connectivity index (χ0v) is 18.1. The van der Waals surface area contributed by atoms with Crippen molar-refractivity contribution in [1.82, 2.24) is 10.6 Å². The number of carbonyl (C=O) groups is 3. The summed E-state index contributed by atoms with van der Waals surface area (Å²) in [5, 5.41) is 14.4. The Balaban J connectivity index is 1.29. The van der Waals surface area contributed by atoms with Crippen molar-refractivity contribution in [2.75, 3.05) is 13.2 Å². The molecule has 2 aromatic rings. The van der Waals surface area contributed by atoms with Gasteiger partial charge in [0.05, 0.1) is 5.41 Å². The maximum Gasteiger partial charge on any atom is 0.407 e. The van der Waals surface area contributed by atoms with Crippen LogP contribution in [0.2, 0.25) is 0 Å². The highest BCUT2D eigenvalue weighted by Gasteiger charge is 2.50. The molecule has 168 valence electrons. The minimum absolute atomic E-state index is 0.00640. The average molecular weight is 437 g/mol. The number of carbonyl (C=O) groups excluding carboxylic acids is 2. The van der Waals surface area contributed by atoms with Gasteiger partial charge in [-0.1, -0.05) is 48.5 Å². The van der Waals surface area contributed by atoms with E-state index in [0.717, 1.165) is 11.1 Å². The van der Waals surface area contributed by atoms with Crippen molar-refractivity contribution in [3.8, 4) is 11.1 Å². The van der Waals surface area contributed by atoms with Crippen LogP contribution in [-0.2, 0) is 14.3 Å². The molecule has 1 unspecified atom stereocenters. The van der Waals surface area contributed by atoms with E-state index in [0.29, 0.717) is 19.3 Å². The summed E-state index contributed by atoms with van der Waals surface area (Å²) in [6.45, 7) is 2.22. The van der Waals surface area contributed by atoms with E-state index in [-0.39, 0.29) is 37.4 Å². The number of hydrogen-bond donors (Lipinski definition) is 3. The molecular weight excluding hydrogens is 408 g/mol. The number of fused-ring (bicyclic) bond motifs is 3. The maximum absolute atomic E-state index is 12.6. The van der Waals surface area contributed by atoms with Crippen molar-refractivity contribution in [2.24, 2.45) is 5.41 Å². The molecule has 2 amide bonds. The van der Waals surface area contributed by atoms with E-state index in [1.807, 2.05) is 24.3 Å². The summed E-state index contributed by atoms with van der Waals surface area (Å²) in [4.78, 5) is 35.7. The van der Waals surface area contributed by atoms with Crippen LogP contribution in [0.25, 0.3) is 11.1 Å². The number of benzene rings is 2. The first kappa shape index (κ1) is 21.9. The summed E-state index contributed by atoms with van der Waals surface area (Å²) in [5.74, 6) is -1.04. The van der Waals surface area contributed by atoms with Crippen LogP contribution in [0, 0.1) is 5.41 Å². The van der Waals surface area contributed by atoms with Gasteiger partial charge in [0.2, 0.25) is 5.91 Å². The van der Waals surface area contributed by atoms with E-state index in [2.05, 4.69) is 34.9 Å². The van der Waals surface area contributed by atoms with Crippen LogP contribution in [0.3, 0.4) is 0 Å². The van der Waals surface area contributed by atoms with Crippen molar-refractivity contribution in [3.63, 3.8) is 0 Å². The molecule has 1 atom stereocenters. The Labute approximate surface area is 187 Å². The largest absolute Gasteiger partial charge is 0.481 e. The number of alkyl carbamates (subject to hydrolysis) is 1. The smallest absolute Gasteiger partial charge is 0.407 e. The molecule has 7 heteroatoms. The first-order valence-corrected chi connectivity index (χ1v) is 11.0. The third-order valence-electron chi connectivity index (χ3n) is 6.42. The molecule has 0 aliphatic heterocycles. The quantitative estimate of drug-likeness (QED) is 0.556. The van der Waals surface area contributed by atoms with Crippen molar-refractivity contribution in [2.45, 2.75) is 44.6 Å². The Morgan fingerprint density at radius 2 is 1.66 bits per heavy atom. The van der Waals surface area contributed by atoms with Crippen molar-refractivity contribution in [1.29, 1.82) is 0 Å². The first-order valence-electron chi connectivity index (χ1n) is 11.0. The second-order valence-corrected chi connectivity index (χ2v) is 8.77. The minimum atomic E-state index is -0.885. The molecule has 2 aromatic carbocycles. The zero-order valence-electron chi connectivity index (χ0n) is 18.1. The third kappa shape index (κ3) is 4.61. The molecule has 0 spiro atoms. The third-order valence-corrected chi connectivity index (χ3v) is 6.42. The van der Waals surface area contributed by atoms with Gasteiger partial charge in [-0.3, -0.25) is 9.59 Å². The van der Waals surface area contributed by atoms with E-state index in [9.17, 15) is 14.4 Å². The normalized spacial score (nSPS) is 16.4. The summed E-state index contributed by atoms with van der Waals surface area (Å²) in [7, 11) is 0. The van der Waals surface area contributed by atoms with E-state index >= 15 is 0 Å². The lowest BCUT2D eigenvalue weighted by Crippen LogP contribution is -2.43. The lowest BCUT2D eigenvalue weighted by molar-refractivity contribution is -0.137. The van der Waals surface area contributed by atoms with Crippen LogP contribution < -0.4 is 10.6 Å². The number of amides is 2. The molecule has 7 nitrogen and oxygen atoms in total. The SMILES string of the molecule is CC(CCC(=O)O)NC(=O)C1(CNC(=O)OCC2c3ccccc3-c3ccccc32)CC1. The van der Waals surface area contributed by atoms with E-state index in [1.165, 1.54) is 11.1 Å². The zero-order chi connectivity index (χ0) is 22.7. The van der Waals surface area contributed by atoms with Crippen LogP contribution in [0.4, 0.5) is 4.79 Å². The summed E-state index contributed by atoms with van der Waals surface area (Å²) in [6, 6.07) is 16.1. The average Bonchev–Trinajstić information content (AvgIpc) is 3.52. The van der Waals surface area contributed by atoms with Crippen LogP contribution in [0.15, 0.2) is 48.5 Å². The number of aliphatic carboxylic acids is 1. The Bertz CT molecular complexity index is 985. The Morgan fingerprint density at radius 1 is 1.06 bits per heavy atom. The molecular formula is C25H28N2O5. The number of carboxylic acid groups (broad SMARTS) is 1. The fraction of sp³-hybridized carbons (Fsp3) is 0.400. The second kappa shape index (κ2) is 9.02. The van der Waals surface area contributed by atoms with Crippen molar-refractivity contribution in [3.05, 3.63) is 59.7 Å². The van der Waals surface area contributed by atoms with Crippen LogP contribution in [-0.4, -0.2) is 42.3 Å². The molecule has 32 heavy (non-hydrogen) atoms. The fourth-order valence-corrected chi connectivity index (χ4v) is 4.31. The van der Waals surface area contributed by atoms with E-state index in [4.69, 9.17) is 9.84 Å². The topological polar surface area (TPSA) is 105 Å². The van der Waals surface area contributed by atoms with Gasteiger partial charge in [-0.25, -0.2) is 4.79 Å². The number of ether oxygens (including phenoxy) is 1. The van der Waals surface area contributed by atoms with E-state index in [1.54, 1.807) is 6.92 Å². The van der Waals surface area contributed by atoms with Gasteiger partial charge in [0.25, 0.3) is 0 Å². The number of rotatable bonds is 9. The maximum atomic E-state index is 12.6. The van der Waals surface area contributed by atoms with Gasteiger partial charge in [0, 0.05) is 24.9 Å². The van der Waals surface area contributed by atoms with Crippen LogP contribution in [0.1, 0.15) is 49.7 Å². The molecule has 0 aromatic heterocycles. The molecule has 0 saturated heterocycles. The summed E-state index contributed by atoms with van der Waals surface area (Å²) in [5.41, 5.74) is 4.01. The van der Waals surface area contributed by atoms with Gasteiger partial charge in [0.1, 0.15) is 6.61 Å². The molecule has 3 N–H and O–H groups in total. The number of nitrogens with one attached hydrogen (secondary N) is 2. The summed E-state index contributed by atoms with van der Waals surface area (Å²) >= 11 is 0. The lowest BCUT2D eigenvalue weighted by atomic mass is 9.98. The Kier molecular flexibility index (Phi) is 6.17. The molecule has 0 bridgehead atoms. The summed E-state index contributed by atoms with van der Waals surface area (Å²) in [6.07, 6.45) is 1.22. The van der Waals surface area contributed by atoms with Crippen molar-refractivity contribution >= 4 is 18.0 Å². The highest BCUT2D eigenvalue weighted by atomic mass is 16.5. The van der Waals surface area contributed by atoms with Gasteiger partial charge in [0.15, 0.2) is 0 Å². The fourth-order valence-electron chi connectivity index (χ4n) is 4.31. The van der Waals surface area contributed by atoms with Gasteiger partial charge < -0.3 is 20.5 Å². The van der Waals surface area contributed by atoms with Crippen molar-refractivity contribution < 1.29 is 24.2 Å². The Hall–Kier alpha value is -3.35. The van der Waals surface area contributed by atoms with Crippen LogP contribution >= 0.6 is 0 Å². The number of carboxylic acids is 1. The monoisotopic (exact) mass is 436 g/mol. The molecule has 4 rings (SSSR count). The predicted octanol–water partition coefficient (Wildman–Crippen LogP) is 3.67. The predicted molar refractivity (Wildman–Crippen MR) is 119 cm³/mol. The van der Waals surface area contributed by atoms with Gasteiger partial charge in [-0.15, -0.1) is 0 Å². The molecule has 2 aliphatic rings. The molecule has 0 radical (unpaired) electrons.